The molecule has 3 rings (SSSR count). The highest BCUT2D eigenvalue weighted by Gasteiger charge is 2.30. The molecule has 38 heavy (non-hydrogen) atoms. The molecule has 0 bridgehead atoms. The molecule has 0 spiro atoms. The summed E-state index contributed by atoms with van der Waals surface area (Å²) in [7, 11) is -0.419. The van der Waals surface area contributed by atoms with Crippen molar-refractivity contribution in [3.05, 3.63) is 66.2 Å². The van der Waals surface area contributed by atoms with Gasteiger partial charge < -0.3 is 14.5 Å². The van der Waals surface area contributed by atoms with Crippen molar-refractivity contribution in [3.8, 4) is 0 Å². The number of rotatable bonds is 13. The lowest BCUT2D eigenvalue weighted by Gasteiger charge is -2.39. The van der Waals surface area contributed by atoms with Crippen LogP contribution in [0.4, 0.5) is 4.79 Å². The third kappa shape index (κ3) is 8.29. The quantitative estimate of drug-likeness (QED) is 0.336. The van der Waals surface area contributed by atoms with E-state index in [9.17, 15) is 13.2 Å². The fraction of sp³-hybridized carbons (Fsp3) is 0.567. The lowest BCUT2D eigenvalue weighted by Crippen LogP contribution is -2.49. The van der Waals surface area contributed by atoms with Crippen LogP contribution in [-0.2, 0) is 14.8 Å². The van der Waals surface area contributed by atoms with Crippen LogP contribution in [0.1, 0.15) is 57.4 Å². The Balaban J connectivity index is 1.61. The number of carbonyl (C=O) groups is 1. The summed E-state index contributed by atoms with van der Waals surface area (Å²) in [5, 5.41) is 0. The summed E-state index contributed by atoms with van der Waals surface area (Å²) in [6, 6.07) is 19.0. The molecular weight excluding hydrogens is 498 g/mol. The first-order chi connectivity index (χ1) is 18.3. The zero-order valence-electron chi connectivity index (χ0n) is 23.5. The molecule has 1 heterocycles. The minimum atomic E-state index is -3.56. The Morgan fingerprint density at radius 1 is 1.00 bits per heavy atom. The fourth-order valence-electron chi connectivity index (χ4n) is 5.47. The molecule has 1 saturated heterocycles. The topological polar surface area (TPSA) is 70.2 Å². The van der Waals surface area contributed by atoms with Crippen LogP contribution >= 0.6 is 0 Å². The van der Waals surface area contributed by atoms with Gasteiger partial charge in [0.25, 0.3) is 0 Å². The van der Waals surface area contributed by atoms with Crippen molar-refractivity contribution in [1.82, 2.24) is 14.1 Å². The van der Waals surface area contributed by atoms with Gasteiger partial charge in [0, 0.05) is 39.3 Å². The second-order valence-corrected chi connectivity index (χ2v) is 12.6. The van der Waals surface area contributed by atoms with Crippen LogP contribution in [0.2, 0.25) is 0 Å². The van der Waals surface area contributed by atoms with Crippen molar-refractivity contribution >= 4 is 16.1 Å². The summed E-state index contributed by atoms with van der Waals surface area (Å²) in [4.78, 5) is 17.2. The zero-order valence-corrected chi connectivity index (χ0v) is 24.3. The van der Waals surface area contributed by atoms with E-state index in [1.807, 2.05) is 29.2 Å². The van der Waals surface area contributed by atoms with Gasteiger partial charge in [-0.15, -0.1) is 0 Å². The van der Waals surface area contributed by atoms with E-state index in [4.69, 9.17) is 4.74 Å². The predicted octanol–water partition coefficient (Wildman–Crippen LogP) is 5.45. The Bertz CT molecular complexity index is 1070. The number of carbonyl (C=O) groups excluding carboxylic acids is 1. The Labute approximate surface area is 229 Å². The molecule has 0 N–H and O–H groups in total. The van der Waals surface area contributed by atoms with Gasteiger partial charge in [-0.3, -0.25) is 0 Å². The average Bonchev–Trinajstić information content (AvgIpc) is 2.94. The van der Waals surface area contributed by atoms with Crippen molar-refractivity contribution < 1.29 is 17.9 Å². The van der Waals surface area contributed by atoms with Crippen LogP contribution in [0.3, 0.4) is 0 Å². The number of hydrogen-bond donors (Lipinski definition) is 0. The van der Waals surface area contributed by atoms with Crippen LogP contribution in [-0.4, -0.2) is 81.5 Å². The Morgan fingerprint density at radius 3 is 2.18 bits per heavy atom. The number of amides is 1. The maximum atomic E-state index is 13.2. The molecule has 2 unspecified atom stereocenters. The van der Waals surface area contributed by atoms with Gasteiger partial charge in [0.05, 0.1) is 12.0 Å². The maximum Gasteiger partial charge on any atom is 0.409 e. The molecule has 0 radical (unpaired) electrons. The van der Waals surface area contributed by atoms with Crippen molar-refractivity contribution in [2.75, 3.05) is 46.9 Å². The molecule has 1 aliphatic heterocycles. The Morgan fingerprint density at radius 2 is 1.61 bits per heavy atom. The first kappa shape index (κ1) is 30.1. The molecular formula is C30H45N3O4S. The smallest absolute Gasteiger partial charge is 0.409 e. The number of methoxy groups -OCH3 is 1. The molecule has 0 aromatic heterocycles. The standard InChI is InChI=1S/C30H45N3O4S/c1-5-12-25(2)23-33(30(34)37-4)28-18-21-32(22-19-28)20-17-27(26-13-8-6-9-14-26)24-31(3)38(35,36)29-15-10-7-11-16-29/h6-11,13-16,25,27-28H,5,12,17-24H2,1-4H3. The predicted molar refractivity (Wildman–Crippen MR) is 153 cm³/mol. The summed E-state index contributed by atoms with van der Waals surface area (Å²) in [6.45, 7) is 8.25. The number of likely N-dealkylation sites (tertiary alicyclic amines) is 1. The lowest BCUT2D eigenvalue weighted by molar-refractivity contribution is 0.0693. The third-order valence-corrected chi connectivity index (χ3v) is 9.53. The van der Waals surface area contributed by atoms with Gasteiger partial charge in [-0.2, -0.15) is 0 Å². The van der Waals surface area contributed by atoms with E-state index < -0.39 is 10.0 Å². The van der Waals surface area contributed by atoms with E-state index in [2.05, 4.69) is 30.9 Å². The molecule has 0 saturated carbocycles. The molecule has 7 nitrogen and oxygen atoms in total. The van der Waals surface area contributed by atoms with Crippen LogP contribution in [0.25, 0.3) is 0 Å². The SMILES string of the molecule is CCCC(C)CN(C(=O)OC)C1CCN(CCC(CN(C)S(=O)(=O)c2ccccc2)c2ccccc2)CC1. The van der Waals surface area contributed by atoms with Crippen LogP contribution in [0, 0.1) is 5.92 Å². The normalized spacial score (nSPS) is 16.8. The highest BCUT2D eigenvalue weighted by Crippen LogP contribution is 2.26. The van der Waals surface area contributed by atoms with Crippen LogP contribution < -0.4 is 0 Å². The largest absolute Gasteiger partial charge is 0.453 e. The summed E-state index contributed by atoms with van der Waals surface area (Å²) >= 11 is 0. The Hall–Kier alpha value is -2.42. The average molecular weight is 544 g/mol. The number of ether oxygens (including phenoxy) is 1. The highest BCUT2D eigenvalue weighted by molar-refractivity contribution is 7.89. The highest BCUT2D eigenvalue weighted by atomic mass is 32.2. The van der Waals surface area contributed by atoms with Crippen LogP contribution in [0.5, 0.6) is 0 Å². The maximum absolute atomic E-state index is 13.2. The summed E-state index contributed by atoms with van der Waals surface area (Å²) in [5.74, 6) is 0.534. The van der Waals surface area contributed by atoms with Crippen LogP contribution in [0.15, 0.2) is 65.6 Å². The van der Waals surface area contributed by atoms with E-state index >= 15 is 0 Å². The minimum Gasteiger partial charge on any atom is -0.453 e. The summed E-state index contributed by atoms with van der Waals surface area (Å²) < 4.78 is 32.9. The number of piperidine rings is 1. The van der Waals surface area contributed by atoms with E-state index in [1.54, 1.807) is 31.3 Å². The van der Waals surface area contributed by atoms with Gasteiger partial charge in [0.1, 0.15) is 0 Å². The van der Waals surface area contributed by atoms with Crippen molar-refractivity contribution in [2.45, 2.75) is 62.8 Å². The first-order valence-corrected chi connectivity index (χ1v) is 15.3. The molecule has 2 aromatic carbocycles. The van der Waals surface area contributed by atoms with Gasteiger partial charge in [0.15, 0.2) is 0 Å². The summed E-state index contributed by atoms with van der Waals surface area (Å²) in [6.07, 6.45) is 4.69. The van der Waals surface area contributed by atoms with Gasteiger partial charge in [-0.25, -0.2) is 17.5 Å². The molecule has 1 fully saturated rings. The van der Waals surface area contributed by atoms with Gasteiger partial charge in [0.2, 0.25) is 10.0 Å². The molecule has 2 aromatic rings. The number of nitrogens with zero attached hydrogens (tertiary/aromatic N) is 3. The number of benzene rings is 2. The monoisotopic (exact) mass is 543 g/mol. The number of sulfonamides is 1. The molecule has 1 amide bonds. The van der Waals surface area contributed by atoms with E-state index in [-0.39, 0.29) is 18.1 Å². The van der Waals surface area contributed by atoms with Crippen molar-refractivity contribution in [1.29, 1.82) is 0 Å². The molecule has 1 aliphatic rings. The third-order valence-electron chi connectivity index (χ3n) is 7.69. The van der Waals surface area contributed by atoms with E-state index in [0.717, 1.165) is 63.8 Å². The second kappa shape index (κ2) is 14.7. The van der Waals surface area contributed by atoms with E-state index in [1.165, 1.54) is 11.4 Å². The molecule has 8 heteroatoms. The minimum absolute atomic E-state index is 0.0823. The first-order valence-electron chi connectivity index (χ1n) is 13.9. The van der Waals surface area contributed by atoms with Gasteiger partial charge in [-0.05, 0) is 61.8 Å². The van der Waals surface area contributed by atoms with Gasteiger partial charge >= 0.3 is 6.09 Å². The van der Waals surface area contributed by atoms with Gasteiger partial charge in [-0.1, -0.05) is 68.8 Å². The number of likely N-dealkylation sites (N-methyl/N-ethyl adjacent to an activating group) is 1. The zero-order chi connectivity index (χ0) is 27.5. The second-order valence-electron chi connectivity index (χ2n) is 10.6. The molecule has 2 atom stereocenters. The fourth-order valence-corrected chi connectivity index (χ4v) is 6.71. The summed E-state index contributed by atoms with van der Waals surface area (Å²) in [5.41, 5.74) is 1.15. The molecule has 210 valence electrons. The lowest BCUT2D eigenvalue weighted by atomic mass is 9.94. The number of hydrogen-bond acceptors (Lipinski definition) is 5. The molecule has 0 aliphatic carbocycles. The Kier molecular flexibility index (Phi) is 11.6. The van der Waals surface area contributed by atoms with Crippen molar-refractivity contribution in [2.24, 2.45) is 5.92 Å². The van der Waals surface area contributed by atoms with E-state index in [0.29, 0.717) is 17.4 Å². The van der Waals surface area contributed by atoms with Crippen molar-refractivity contribution in [3.63, 3.8) is 0 Å².